The highest BCUT2D eigenvalue weighted by molar-refractivity contribution is 5.66. The Morgan fingerprint density at radius 3 is 3.07 bits per heavy atom. The van der Waals surface area contributed by atoms with Crippen LogP contribution in [0.1, 0.15) is 0 Å². The van der Waals surface area contributed by atoms with Crippen LogP contribution in [0.2, 0.25) is 0 Å². The second-order valence-electron chi connectivity index (χ2n) is 2.60. The Morgan fingerprint density at radius 2 is 2.40 bits per heavy atom. The topological polar surface area (TPSA) is 106 Å². The summed E-state index contributed by atoms with van der Waals surface area (Å²) < 4.78 is 5.41. The number of amides is 1. The molecule has 0 saturated carbocycles. The van der Waals surface area contributed by atoms with Crippen molar-refractivity contribution in [1.82, 2.24) is 20.1 Å². The summed E-state index contributed by atoms with van der Waals surface area (Å²) in [5.41, 5.74) is -1.51. The molecular formula is C7H10N4O4. The maximum absolute atomic E-state index is 11.1. The molecule has 0 spiro atoms. The van der Waals surface area contributed by atoms with E-state index in [1.807, 2.05) is 5.10 Å². The van der Waals surface area contributed by atoms with Gasteiger partial charge in [-0.2, -0.15) is 5.10 Å². The quantitative estimate of drug-likeness (QED) is 0.582. The minimum absolute atomic E-state index is 0.158. The summed E-state index contributed by atoms with van der Waals surface area (Å²) in [6, 6.07) is 0. The van der Waals surface area contributed by atoms with Crippen molar-refractivity contribution in [2.24, 2.45) is 0 Å². The van der Waals surface area contributed by atoms with Gasteiger partial charge in [-0.3, -0.25) is 14.2 Å². The predicted molar refractivity (Wildman–Crippen MR) is 49.5 cm³/mol. The number of methoxy groups -OCH3 is 1. The van der Waals surface area contributed by atoms with E-state index in [2.05, 4.69) is 15.2 Å². The highest BCUT2D eigenvalue weighted by Gasteiger charge is 2.01. The third kappa shape index (κ3) is 2.93. The predicted octanol–water partition coefficient (Wildman–Crippen LogP) is -1.71. The SMILES string of the molecule is COC(=O)NCCn1cn[nH]c(=O)c1=O. The van der Waals surface area contributed by atoms with Gasteiger partial charge in [-0.1, -0.05) is 0 Å². The lowest BCUT2D eigenvalue weighted by Crippen LogP contribution is -2.39. The van der Waals surface area contributed by atoms with E-state index in [-0.39, 0.29) is 13.1 Å². The van der Waals surface area contributed by atoms with E-state index in [1.54, 1.807) is 0 Å². The number of alkyl carbamates (subject to hydrolysis) is 1. The van der Waals surface area contributed by atoms with Gasteiger partial charge in [0.2, 0.25) is 0 Å². The number of carbonyl (C=O) groups is 1. The third-order valence-corrected chi connectivity index (χ3v) is 1.63. The normalized spacial score (nSPS) is 9.67. The Hall–Kier alpha value is -2.12. The van der Waals surface area contributed by atoms with Gasteiger partial charge in [0.15, 0.2) is 0 Å². The van der Waals surface area contributed by atoms with Crippen molar-refractivity contribution in [2.75, 3.05) is 13.7 Å². The third-order valence-electron chi connectivity index (χ3n) is 1.63. The fraction of sp³-hybridized carbons (Fsp3) is 0.429. The van der Waals surface area contributed by atoms with Gasteiger partial charge < -0.3 is 10.1 Å². The molecule has 1 aromatic rings. The first-order valence-electron chi connectivity index (χ1n) is 4.11. The number of aromatic amines is 1. The van der Waals surface area contributed by atoms with Gasteiger partial charge in [0.05, 0.1) is 7.11 Å². The Balaban J connectivity index is 2.59. The van der Waals surface area contributed by atoms with Crippen LogP contribution in [0.4, 0.5) is 4.79 Å². The van der Waals surface area contributed by atoms with Crippen molar-refractivity contribution >= 4 is 6.09 Å². The average Bonchev–Trinajstić information content (AvgIpc) is 2.24. The number of hydrogen-bond donors (Lipinski definition) is 2. The van der Waals surface area contributed by atoms with Gasteiger partial charge in [-0.25, -0.2) is 9.89 Å². The molecule has 0 radical (unpaired) electrons. The fourth-order valence-electron chi connectivity index (χ4n) is 0.898. The summed E-state index contributed by atoms with van der Waals surface area (Å²) in [7, 11) is 1.23. The van der Waals surface area contributed by atoms with Crippen molar-refractivity contribution in [3.05, 3.63) is 27.0 Å². The zero-order valence-corrected chi connectivity index (χ0v) is 8.02. The molecule has 1 amide bonds. The molecule has 0 fully saturated rings. The van der Waals surface area contributed by atoms with Crippen LogP contribution in [0.25, 0.3) is 0 Å². The van der Waals surface area contributed by atoms with Gasteiger partial charge in [0.1, 0.15) is 6.33 Å². The van der Waals surface area contributed by atoms with Crippen molar-refractivity contribution < 1.29 is 9.53 Å². The first-order valence-corrected chi connectivity index (χ1v) is 4.11. The Bertz CT molecular complexity index is 449. The van der Waals surface area contributed by atoms with Crippen LogP contribution in [-0.2, 0) is 11.3 Å². The van der Waals surface area contributed by atoms with Crippen LogP contribution in [0.3, 0.4) is 0 Å². The lowest BCUT2D eigenvalue weighted by atomic mass is 10.6. The lowest BCUT2D eigenvalue weighted by Gasteiger charge is -2.04. The summed E-state index contributed by atoms with van der Waals surface area (Å²) in [4.78, 5) is 32.6. The van der Waals surface area contributed by atoms with Crippen LogP contribution < -0.4 is 16.4 Å². The molecule has 82 valence electrons. The molecule has 0 saturated heterocycles. The molecule has 0 aliphatic carbocycles. The molecule has 1 heterocycles. The Morgan fingerprint density at radius 1 is 1.67 bits per heavy atom. The standard InChI is InChI=1S/C7H10N4O4/c1-15-7(14)8-2-3-11-4-9-10-5(12)6(11)13/h4H,2-3H2,1H3,(H,8,14)(H,10,12). The summed E-state index contributed by atoms with van der Waals surface area (Å²) in [6.45, 7) is 0.336. The van der Waals surface area contributed by atoms with E-state index < -0.39 is 17.2 Å². The van der Waals surface area contributed by atoms with Crippen molar-refractivity contribution in [3.8, 4) is 0 Å². The highest BCUT2D eigenvalue weighted by atomic mass is 16.5. The van der Waals surface area contributed by atoms with E-state index in [0.717, 1.165) is 4.57 Å². The number of hydrogen-bond acceptors (Lipinski definition) is 5. The minimum Gasteiger partial charge on any atom is -0.453 e. The summed E-state index contributed by atoms with van der Waals surface area (Å²) >= 11 is 0. The lowest BCUT2D eigenvalue weighted by molar-refractivity contribution is 0.170. The smallest absolute Gasteiger partial charge is 0.406 e. The molecule has 8 heteroatoms. The van der Waals surface area contributed by atoms with Crippen LogP contribution in [0, 0.1) is 0 Å². The summed E-state index contributed by atoms with van der Waals surface area (Å²) in [6.07, 6.45) is 0.587. The molecular weight excluding hydrogens is 204 g/mol. The first kappa shape index (κ1) is 11.0. The second kappa shape index (κ2) is 4.94. The molecule has 15 heavy (non-hydrogen) atoms. The molecule has 0 atom stereocenters. The molecule has 8 nitrogen and oxygen atoms in total. The van der Waals surface area contributed by atoms with Crippen molar-refractivity contribution in [1.29, 1.82) is 0 Å². The number of rotatable bonds is 3. The number of carbonyl (C=O) groups excluding carboxylic acids is 1. The highest BCUT2D eigenvalue weighted by Crippen LogP contribution is 1.74. The van der Waals surface area contributed by atoms with Crippen LogP contribution in [0.5, 0.6) is 0 Å². The monoisotopic (exact) mass is 214 g/mol. The zero-order chi connectivity index (χ0) is 11.3. The molecule has 0 aliphatic heterocycles. The molecule has 0 bridgehead atoms. The maximum Gasteiger partial charge on any atom is 0.406 e. The van der Waals surface area contributed by atoms with Crippen LogP contribution >= 0.6 is 0 Å². The molecule has 0 unspecified atom stereocenters. The largest absolute Gasteiger partial charge is 0.453 e. The van der Waals surface area contributed by atoms with Gasteiger partial charge in [-0.05, 0) is 0 Å². The van der Waals surface area contributed by atoms with Gasteiger partial charge >= 0.3 is 17.2 Å². The average molecular weight is 214 g/mol. The van der Waals surface area contributed by atoms with E-state index >= 15 is 0 Å². The van der Waals surface area contributed by atoms with Gasteiger partial charge in [-0.15, -0.1) is 0 Å². The summed E-state index contributed by atoms with van der Waals surface area (Å²) in [5.74, 6) is 0. The van der Waals surface area contributed by atoms with Crippen molar-refractivity contribution in [2.45, 2.75) is 6.54 Å². The maximum atomic E-state index is 11.1. The van der Waals surface area contributed by atoms with Crippen LogP contribution in [-0.4, -0.2) is 34.5 Å². The number of nitrogens with one attached hydrogen (secondary N) is 2. The molecule has 0 aromatic carbocycles. The summed E-state index contributed by atoms with van der Waals surface area (Å²) in [5, 5.41) is 7.81. The van der Waals surface area contributed by atoms with Crippen molar-refractivity contribution in [3.63, 3.8) is 0 Å². The molecule has 1 aromatic heterocycles. The van der Waals surface area contributed by atoms with E-state index in [0.29, 0.717) is 0 Å². The first-order chi connectivity index (χ1) is 7.15. The fourth-order valence-corrected chi connectivity index (χ4v) is 0.898. The Kier molecular flexibility index (Phi) is 3.61. The second-order valence-corrected chi connectivity index (χ2v) is 2.60. The zero-order valence-electron chi connectivity index (χ0n) is 8.02. The van der Waals surface area contributed by atoms with E-state index in [4.69, 9.17) is 0 Å². The Labute approximate surface area is 83.9 Å². The van der Waals surface area contributed by atoms with E-state index in [9.17, 15) is 14.4 Å². The molecule has 2 N–H and O–H groups in total. The number of aromatic nitrogens is 3. The van der Waals surface area contributed by atoms with Gasteiger partial charge in [0, 0.05) is 13.1 Å². The van der Waals surface area contributed by atoms with E-state index in [1.165, 1.54) is 13.4 Å². The molecule has 1 rings (SSSR count). The van der Waals surface area contributed by atoms with Gasteiger partial charge in [0.25, 0.3) is 0 Å². The minimum atomic E-state index is -0.796. The van der Waals surface area contributed by atoms with Crippen LogP contribution in [0.15, 0.2) is 15.9 Å². The molecule has 0 aliphatic rings. The number of H-pyrrole nitrogens is 1. The number of nitrogens with zero attached hydrogens (tertiary/aromatic N) is 2. The number of ether oxygens (including phenoxy) is 1.